The number of nitrogens with zero attached hydrogens (tertiary/aromatic N) is 2. The summed E-state index contributed by atoms with van der Waals surface area (Å²) in [4.78, 5) is 0. The monoisotopic (exact) mass is 215 g/mol. The molecule has 0 unspecified atom stereocenters. The second kappa shape index (κ2) is 3.64. The Bertz CT molecular complexity index is 502. The summed E-state index contributed by atoms with van der Waals surface area (Å²) in [6.07, 6.45) is 1.80. The molecule has 1 aromatic carbocycles. The van der Waals surface area contributed by atoms with Crippen LogP contribution in [-0.4, -0.2) is 28.0 Å². The van der Waals surface area contributed by atoms with E-state index >= 15 is 0 Å². The molecule has 2 heterocycles. The van der Waals surface area contributed by atoms with Crippen LogP contribution in [0.3, 0.4) is 0 Å². The van der Waals surface area contributed by atoms with Crippen molar-refractivity contribution >= 4 is 0 Å². The van der Waals surface area contributed by atoms with Crippen LogP contribution in [0.2, 0.25) is 0 Å². The Morgan fingerprint density at radius 2 is 2.19 bits per heavy atom. The fourth-order valence-corrected chi connectivity index (χ4v) is 1.95. The molecule has 2 N–H and O–H groups in total. The predicted octanol–water partition coefficient (Wildman–Crippen LogP) is 1.40. The molecule has 4 nitrogen and oxygen atoms in total. The third kappa shape index (κ3) is 1.47. The molecule has 0 bridgehead atoms. The van der Waals surface area contributed by atoms with Crippen molar-refractivity contribution in [3.8, 4) is 17.0 Å². The second-order valence-corrected chi connectivity index (χ2v) is 4.02. The van der Waals surface area contributed by atoms with E-state index in [4.69, 9.17) is 0 Å². The molecule has 3 rings (SSSR count). The maximum Gasteiger partial charge on any atom is 0.116 e. The Hall–Kier alpha value is -1.81. The van der Waals surface area contributed by atoms with Crippen molar-refractivity contribution in [1.29, 1.82) is 0 Å². The molecule has 16 heavy (non-hydrogen) atoms. The summed E-state index contributed by atoms with van der Waals surface area (Å²) >= 11 is 0. The van der Waals surface area contributed by atoms with Crippen molar-refractivity contribution in [2.24, 2.45) is 0 Å². The number of hydrogen-bond donors (Lipinski definition) is 2. The zero-order valence-corrected chi connectivity index (χ0v) is 8.80. The zero-order chi connectivity index (χ0) is 11.0. The van der Waals surface area contributed by atoms with Crippen molar-refractivity contribution in [2.45, 2.75) is 6.04 Å². The van der Waals surface area contributed by atoms with Gasteiger partial charge in [-0.2, -0.15) is 5.10 Å². The van der Waals surface area contributed by atoms with Crippen molar-refractivity contribution in [2.75, 3.05) is 13.1 Å². The number of hydrogen-bond acceptors (Lipinski definition) is 3. The van der Waals surface area contributed by atoms with Gasteiger partial charge in [-0.15, -0.1) is 0 Å². The first-order valence-electron chi connectivity index (χ1n) is 5.38. The van der Waals surface area contributed by atoms with Gasteiger partial charge in [0, 0.05) is 24.8 Å². The first-order chi connectivity index (χ1) is 7.84. The van der Waals surface area contributed by atoms with E-state index in [0.717, 1.165) is 24.3 Å². The van der Waals surface area contributed by atoms with Gasteiger partial charge in [0.2, 0.25) is 0 Å². The van der Waals surface area contributed by atoms with Gasteiger partial charge < -0.3 is 10.4 Å². The smallest absolute Gasteiger partial charge is 0.116 e. The Kier molecular flexibility index (Phi) is 2.15. The summed E-state index contributed by atoms with van der Waals surface area (Å²) in [7, 11) is 0. The topological polar surface area (TPSA) is 50.1 Å². The first kappa shape index (κ1) is 9.42. The summed E-state index contributed by atoms with van der Waals surface area (Å²) in [6, 6.07) is 9.69. The molecule has 1 aliphatic heterocycles. The Morgan fingerprint density at radius 3 is 2.88 bits per heavy atom. The molecule has 0 radical (unpaired) electrons. The van der Waals surface area contributed by atoms with E-state index in [1.807, 2.05) is 22.9 Å². The van der Waals surface area contributed by atoms with Gasteiger partial charge in [-0.05, 0) is 18.2 Å². The molecule has 2 aromatic rings. The molecule has 82 valence electrons. The third-order valence-corrected chi connectivity index (χ3v) is 2.92. The molecule has 0 saturated carbocycles. The van der Waals surface area contributed by atoms with Gasteiger partial charge in [-0.25, -0.2) is 0 Å². The van der Waals surface area contributed by atoms with E-state index in [1.165, 1.54) is 0 Å². The van der Waals surface area contributed by atoms with Crippen LogP contribution in [0.15, 0.2) is 36.5 Å². The number of phenols is 1. The fourth-order valence-electron chi connectivity index (χ4n) is 1.95. The van der Waals surface area contributed by atoms with Crippen molar-refractivity contribution in [1.82, 2.24) is 15.1 Å². The van der Waals surface area contributed by atoms with Gasteiger partial charge in [-0.1, -0.05) is 12.1 Å². The largest absolute Gasteiger partial charge is 0.508 e. The third-order valence-electron chi connectivity index (χ3n) is 2.92. The standard InChI is InChI=1S/C12H13N3O/c16-11-3-1-2-9(6-11)12-4-5-14-15(12)10-7-13-8-10/h1-6,10,13,16H,7-8H2. The number of aromatic hydroxyl groups is 1. The van der Waals surface area contributed by atoms with Crippen molar-refractivity contribution in [3.63, 3.8) is 0 Å². The molecule has 1 fully saturated rings. The molecular formula is C12H13N3O. The van der Waals surface area contributed by atoms with Gasteiger partial charge in [0.05, 0.1) is 11.7 Å². The van der Waals surface area contributed by atoms with Gasteiger partial charge >= 0.3 is 0 Å². The van der Waals surface area contributed by atoms with Crippen molar-refractivity contribution < 1.29 is 5.11 Å². The van der Waals surface area contributed by atoms with Gasteiger partial charge in [0.15, 0.2) is 0 Å². The highest BCUT2D eigenvalue weighted by atomic mass is 16.3. The van der Waals surface area contributed by atoms with Gasteiger partial charge in [0.1, 0.15) is 5.75 Å². The number of rotatable bonds is 2. The van der Waals surface area contributed by atoms with Crippen LogP contribution in [0.1, 0.15) is 6.04 Å². The quantitative estimate of drug-likeness (QED) is 0.796. The first-order valence-corrected chi connectivity index (χ1v) is 5.38. The summed E-state index contributed by atoms with van der Waals surface area (Å²) in [5, 5.41) is 17.0. The highest BCUT2D eigenvalue weighted by Crippen LogP contribution is 2.26. The van der Waals surface area contributed by atoms with E-state index < -0.39 is 0 Å². The average Bonchev–Trinajstić information content (AvgIpc) is 2.64. The minimum atomic E-state index is 0.289. The molecule has 1 aliphatic rings. The summed E-state index contributed by atoms with van der Waals surface area (Å²) < 4.78 is 2.02. The van der Waals surface area contributed by atoms with E-state index in [9.17, 15) is 5.11 Å². The summed E-state index contributed by atoms with van der Waals surface area (Å²) in [6.45, 7) is 1.93. The molecule has 1 saturated heterocycles. The highest BCUT2D eigenvalue weighted by Gasteiger charge is 2.21. The Balaban J connectivity index is 2.02. The minimum Gasteiger partial charge on any atom is -0.508 e. The van der Waals surface area contributed by atoms with Crippen LogP contribution in [0, 0.1) is 0 Å². The van der Waals surface area contributed by atoms with E-state index in [0.29, 0.717) is 6.04 Å². The van der Waals surface area contributed by atoms with E-state index in [2.05, 4.69) is 10.4 Å². The van der Waals surface area contributed by atoms with Crippen LogP contribution < -0.4 is 5.32 Å². The van der Waals surface area contributed by atoms with Crippen LogP contribution in [0.4, 0.5) is 0 Å². The van der Waals surface area contributed by atoms with Gasteiger partial charge in [-0.3, -0.25) is 4.68 Å². The van der Waals surface area contributed by atoms with Crippen LogP contribution >= 0.6 is 0 Å². The number of benzene rings is 1. The van der Waals surface area contributed by atoms with Crippen molar-refractivity contribution in [3.05, 3.63) is 36.5 Å². The van der Waals surface area contributed by atoms with Crippen LogP contribution in [-0.2, 0) is 0 Å². The Morgan fingerprint density at radius 1 is 1.31 bits per heavy atom. The fraction of sp³-hybridized carbons (Fsp3) is 0.250. The molecule has 0 amide bonds. The van der Waals surface area contributed by atoms with Gasteiger partial charge in [0.25, 0.3) is 0 Å². The highest BCUT2D eigenvalue weighted by molar-refractivity contribution is 5.61. The normalized spacial score (nSPS) is 16.0. The van der Waals surface area contributed by atoms with Crippen LogP contribution in [0.25, 0.3) is 11.3 Å². The van der Waals surface area contributed by atoms with E-state index in [1.54, 1.807) is 18.3 Å². The van der Waals surface area contributed by atoms with E-state index in [-0.39, 0.29) is 5.75 Å². The molecule has 4 heteroatoms. The number of phenolic OH excluding ortho intramolecular Hbond substituents is 1. The SMILES string of the molecule is Oc1cccc(-c2ccnn2C2CNC2)c1. The molecular weight excluding hydrogens is 202 g/mol. The summed E-state index contributed by atoms with van der Waals surface area (Å²) in [5.74, 6) is 0.289. The number of nitrogens with one attached hydrogen (secondary N) is 1. The lowest BCUT2D eigenvalue weighted by Crippen LogP contribution is -2.44. The zero-order valence-electron chi connectivity index (χ0n) is 8.80. The lowest BCUT2D eigenvalue weighted by atomic mass is 10.1. The predicted molar refractivity (Wildman–Crippen MR) is 61.2 cm³/mol. The lowest BCUT2D eigenvalue weighted by Gasteiger charge is -2.28. The average molecular weight is 215 g/mol. The molecule has 0 spiro atoms. The molecule has 0 aliphatic carbocycles. The maximum absolute atomic E-state index is 9.47. The molecule has 0 atom stereocenters. The van der Waals surface area contributed by atoms with Crippen LogP contribution in [0.5, 0.6) is 5.75 Å². The number of aromatic nitrogens is 2. The lowest BCUT2D eigenvalue weighted by molar-refractivity contribution is 0.321. The Labute approximate surface area is 93.5 Å². The summed E-state index contributed by atoms with van der Waals surface area (Å²) in [5.41, 5.74) is 2.06. The second-order valence-electron chi connectivity index (χ2n) is 4.02. The minimum absolute atomic E-state index is 0.289. The molecule has 1 aromatic heterocycles. The maximum atomic E-state index is 9.47.